The van der Waals surface area contributed by atoms with Crippen molar-refractivity contribution in [3.63, 3.8) is 0 Å². The van der Waals surface area contributed by atoms with E-state index < -0.39 is 30.8 Å². The molecule has 0 saturated carbocycles. The molecule has 1 unspecified atom stereocenters. The Morgan fingerprint density at radius 1 is 0.658 bits per heavy atom. The van der Waals surface area contributed by atoms with E-state index in [1.165, 1.54) is 39.0 Å². The molecule has 0 fully saturated rings. The number of allylic oxidation sites excluding steroid dienone is 4. The number of hydrogen-bond acceptors (Lipinski definition) is 0. The van der Waals surface area contributed by atoms with Gasteiger partial charge in [-0.1, -0.05) is 0 Å². The molecule has 0 bridgehead atoms. The Balaban J connectivity index is 0.00000168. The first kappa shape index (κ1) is 28.9. The summed E-state index contributed by atoms with van der Waals surface area (Å²) in [6, 6.07) is 38.5. The Morgan fingerprint density at radius 2 is 1.21 bits per heavy atom. The molecule has 4 heteroatoms. The standard InChI is InChI=1S/C21H21Si.C13H10.2ClH.Zr/c1-22(2,3)17-12-11-16(13-17)19-9-6-10-20-18-8-5-4-7-15(18)14-21(19)20;1-3-7-12(8-4-1)11-13-9-5-2-6-10-13;;;/h4-10,12-14H,11H2,1-3H3;1-10H;2*1H;/q;;;;+2/p-2. The first-order valence-corrected chi connectivity index (χ1v) is 19.0. The molecule has 4 aromatic rings. The Hall–Kier alpha value is -2.09. The molecule has 0 radical (unpaired) electrons. The summed E-state index contributed by atoms with van der Waals surface area (Å²) < 4.78 is 2.09. The average Bonchev–Trinajstić information content (AvgIpc) is 3.52. The predicted octanol–water partition coefficient (Wildman–Crippen LogP) is 2.71. The molecular weight excluding hydrogens is 599 g/mol. The van der Waals surface area contributed by atoms with Crippen LogP contribution in [0.15, 0.2) is 120 Å². The van der Waals surface area contributed by atoms with E-state index in [-0.39, 0.29) is 24.8 Å². The van der Waals surface area contributed by atoms with Crippen LogP contribution in [0.4, 0.5) is 0 Å². The van der Waals surface area contributed by atoms with E-state index in [0.717, 1.165) is 6.42 Å². The molecule has 0 aromatic heterocycles. The third kappa shape index (κ3) is 5.47. The minimum atomic E-state index is -1.33. The van der Waals surface area contributed by atoms with Gasteiger partial charge in [0.1, 0.15) is 0 Å². The van der Waals surface area contributed by atoms with Crippen molar-refractivity contribution < 1.29 is 47.6 Å². The average molecular weight is 630 g/mol. The molecule has 0 N–H and O–H groups in total. The first-order valence-electron chi connectivity index (χ1n) is 12.9. The number of rotatable bonds is 5. The van der Waals surface area contributed by atoms with Gasteiger partial charge in [0.05, 0.1) is 0 Å². The van der Waals surface area contributed by atoms with Gasteiger partial charge in [-0.25, -0.2) is 0 Å². The maximum absolute atomic E-state index is 2.53. The van der Waals surface area contributed by atoms with Crippen LogP contribution in [0.2, 0.25) is 19.6 Å². The first-order chi connectivity index (χ1) is 17.5. The van der Waals surface area contributed by atoms with Crippen molar-refractivity contribution in [2.75, 3.05) is 0 Å². The van der Waals surface area contributed by atoms with Crippen molar-refractivity contribution in [3.05, 3.63) is 148 Å². The molecule has 0 saturated heterocycles. The van der Waals surface area contributed by atoms with Gasteiger partial charge in [0, 0.05) is 0 Å². The Kier molecular flexibility index (Phi) is 9.11. The van der Waals surface area contributed by atoms with E-state index in [1.807, 2.05) is 0 Å². The summed E-state index contributed by atoms with van der Waals surface area (Å²) in [5.74, 6) is 0. The van der Waals surface area contributed by atoms with Gasteiger partial charge in [0.15, 0.2) is 0 Å². The maximum atomic E-state index is 2.53. The van der Waals surface area contributed by atoms with Gasteiger partial charge >= 0.3 is 229 Å². The van der Waals surface area contributed by atoms with E-state index in [1.54, 1.807) is 14.0 Å². The topological polar surface area (TPSA) is 0 Å². The minimum Gasteiger partial charge on any atom is -1.00 e. The van der Waals surface area contributed by atoms with Gasteiger partial charge in [0.2, 0.25) is 0 Å². The van der Waals surface area contributed by atoms with Gasteiger partial charge < -0.3 is 24.8 Å². The quantitative estimate of drug-likeness (QED) is 0.298. The Bertz CT molecular complexity index is 1490. The molecule has 0 aliphatic heterocycles. The van der Waals surface area contributed by atoms with Crippen LogP contribution in [-0.4, -0.2) is 11.3 Å². The zero-order valence-electron chi connectivity index (χ0n) is 22.0. The molecule has 0 spiro atoms. The molecule has 6 rings (SSSR count). The van der Waals surface area contributed by atoms with Gasteiger partial charge in [-0.2, -0.15) is 0 Å². The van der Waals surface area contributed by atoms with E-state index in [4.69, 9.17) is 0 Å². The van der Waals surface area contributed by atoms with E-state index in [2.05, 4.69) is 135 Å². The van der Waals surface area contributed by atoms with Gasteiger partial charge in [-0.15, -0.1) is 0 Å². The molecule has 2 aliphatic rings. The fraction of sp³-hybridized carbons (Fsp3) is 0.147. The number of halogens is 2. The fourth-order valence-electron chi connectivity index (χ4n) is 5.61. The molecule has 0 nitrogen and oxygen atoms in total. The van der Waals surface area contributed by atoms with Crippen molar-refractivity contribution in [3.8, 4) is 11.1 Å². The SMILES string of the molecule is C[Si](C)(C)C1=CCC(c2cccc3c2[CH]([Zr+2]=[C](c2ccccc2)c2ccccc2)c2ccccc2-3)=C1.[Cl-].[Cl-]. The predicted molar refractivity (Wildman–Crippen MR) is 154 cm³/mol. The normalized spacial score (nSPS) is 15.2. The number of benzene rings is 4. The largest absolute Gasteiger partial charge is 1.00 e. The van der Waals surface area contributed by atoms with Crippen LogP contribution in [0.3, 0.4) is 0 Å². The molecular formula is C34H31Cl2SiZr. The van der Waals surface area contributed by atoms with Crippen LogP contribution in [0, 0.1) is 0 Å². The van der Waals surface area contributed by atoms with E-state index >= 15 is 0 Å². The van der Waals surface area contributed by atoms with Gasteiger partial charge in [0.25, 0.3) is 0 Å². The maximum Gasteiger partial charge on any atom is -1.00 e. The third-order valence-electron chi connectivity index (χ3n) is 7.45. The summed E-state index contributed by atoms with van der Waals surface area (Å²) in [6.45, 7) is 7.38. The summed E-state index contributed by atoms with van der Waals surface area (Å²) in [5.41, 5.74) is 11.8. The fourth-order valence-corrected chi connectivity index (χ4v) is 11.4. The Labute approximate surface area is 251 Å². The zero-order valence-corrected chi connectivity index (χ0v) is 27.0. The summed E-state index contributed by atoms with van der Waals surface area (Å²) in [5, 5.41) is 1.60. The van der Waals surface area contributed by atoms with Crippen LogP contribution in [0.25, 0.3) is 16.7 Å². The molecule has 189 valence electrons. The van der Waals surface area contributed by atoms with Crippen LogP contribution in [0.1, 0.15) is 37.9 Å². The summed E-state index contributed by atoms with van der Waals surface area (Å²) in [6.07, 6.45) is 6.10. The molecule has 1 atom stereocenters. The van der Waals surface area contributed by atoms with Gasteiger partial charge in [-0.05, 0) is 0 Å². The van der Waals surface area contributed by atoms with Crippen molar-refractivity contribution in [2.45, 2.75) is 29.7 Å². The second kappa shape index (κ2) is 12.0. The zero-order chi connectivity index (χ0) is 24.7. The monoisotopic (exact) mass is 627 g/mol. The third-order valence-corrected chi connectivity index (χ3v) is 13.8. The van der Waals surface area contributed by atoms with E-state index in [0.29, 0.717) is 3.63 Å². The van der Waals surface area contributed by atoms with Crippen molar-refractivity contribution >= 4 is 16.9 Å². The molecule has 2 aliphatic carbocycles. The van der Waals surface area contributed by atoms with Crippen LogP contribution >= 0.6 is 0 Å². The minimum absolute atomic E-state index is 0. The van der Waals surface area contributed by atoms with Crippen molar-refractivity contribution in [1.82, 2.24) is 0 Å². The summed E-state index contributed by atoms with van der Waals surface area (Å²) >= 11 is -1.10. The number of fused-ring (bicyclic) bond motifs is 3. The molecule has 0 amide bonds. The second-order valence-electron chi connectivity index (χ2n) is 10.8. The summed E-state index contributed by atoms with van der Waals surface area (Å²) in [7, 11) is -1.33. The van der Waals surface area contributed by atoms with E-state index in [9.17, 15) is 0 Å². The Morgan fingerprint density at radius 3 is 1.82 bits per heavy atom. The molecule has 38 heavy (non-hydrogen) atoms. The molecule has 0 heterocycles. The number of hydrogen-bond donors (Lipinski definition) is 0. The van der Waals surface area contributed by atoms with Crippen LogP contribution in [-0.2, 0) is 22.8 Å². The van der Waals surface area contributed by atoms with Crippen LogP contribution in [0.5, 0.6) is 0 Å². The summed E-state index contributed by atoms with van der Waals surface area (Å²) in [4.78, 5) is 0. The smallest absolute Gasteiger partial charge is 1.00 e. The second-order valence-corrected chi connectivity index (χ2v) is 19.3. The van der Waals surface area contributed by atoms with Crippen molar-refractivity contribution in [2.24, 2.45) is 0 Å². The van der Waals surface area contributed by atoms with Crippen LogP contribution < -0.4 is 24.8 Å². The van der Waals surface area contributed by atoms with Crippen molar-refractivity contribution in [1.29, 1.82) is 0 Å². The van der Waals surface area contributed by atoms with Gasteiger partial charge in [-0.3, -0.25) is 0 Å². The molecule has 4 aromatic carbocycles.